The monoisotopic (exact) mass is 325 g/mol. The van der Waals surface area contributed by atoms with Gasteiger partial charge < -0.3 is 10.1 Å². The smallest absolute Gasteiger partial charge is 0.137 e. The first-order valence-electron chi connectivity index (χ1n) is 6.89. The van der Waals surface area contributed by atoms with E-state index in [4.69, 9.17) is 4.74 Å². The zero-order chi connectivity index (χ0) is 13.6. The summed E-state index contributed by atoms with van der Waals surface area (Å²) < 4.78 is 6.70. The van der Waals surface area contributed by atoms with Crippen molar-refractivity contribution in [2.45, 2.75) is 63.7 Å². The van der Waals surface area contributed by atoms with Crippen LogP contribution in [0.5, 0.6) is 0 Å². The summed E-state index contributed by atoms with van der Waals surface area (Å²) in [7, 11) is 0. The van der Waals surface area contributed by atoms with Crippen LogP contribution in [0.15, 0.2) is 10.7 Å². The maximum absolute atomic E-state index is 5.87. The number of aromatic nitrogens is 2. The van der Waals surface area contributed by atoms with E-state index in [1.165, 1.54) is 12.8 Å². The molecule has 3 atom stereocenters. The fourth-order valence-corrected chi connectivity index (χ4v) is 3.19. The molecule has 2 aliphatic heterocycles. The van der Waals surface area contributed by atoms with Crippen LogP contribution in [-0.2, 0) is 10.2 Å². The van der Waals surface area contributed by atoms with E-state index in [-0.39, 0.29) is 5.41 Å². The molecular formula is C14H20BrN3O. The molecule has 2 bridgehead atoms. The predicted molar refractivity (Wildman–Crippen MR) is 78.4 cm³/mol. The van der Waals surface area contributed by atoms with Crippen molar-refractivity contribution in [3.63, 3.8) is 0 Å². The van der Waals surface area contributed by atoms with Gasteiger partial charge in [-0.15, -0.1) is 0 Å². The van der Waals surface area contributed by atoms with Gasteiger partial charge in [0.1, 0.15) is 16.2 Å². The molecule has 0 radical (unpaired) electrons. The number of halogens is 1. The minimum absolute atomic E-state index is 0.0502. The van der Waals surface area contributed by atoms with Crippen molar-refractivity contribution in [1.82, 2.24) is 9.97 Å². The normalized spacial score (nSPS) is 29.8. The standard InChI is InChI=1S/C14H20BrN3O/c1-14(2,3)13-17-11(15)7-12(18-13)16-9-6-8-4-5-10(9)19-8/h7-10H,4-6H2,1-3H3,(H,16,17,18). The van der Waals surface area contributed by atoms with Crippen molar-refractivity contribution < 1.29 is 4.74 Å². The van der Waals surface area contributed by atoms with Gasteiger partial charge in [-0.25, -0.2) is 9.97 Å². The Bertz CT molecular complexity index is 486. The first kappa shape index (κ1) is 13.3. The SMILES string of the molecule is CC(C)(C)c1nc(Br)cc(NC2CC3CCC2O3)n1. The molecule has 1 aromatic rings. The van der Waals surface area contributed by atoms with E-state index in [0.29, 0.717) is 18.2 Å². The summed E-state index contributed by atoms with van der Waals surface area (Å²) in [6, 6.07) is 2.34. The van der Waals surface area contributed by atoms with Gasteiger partial charge in [0.05, 0.1) is 18.2 Å². The lowest BCUT2D eigenvalue weighted by atomic mass is 9.95. The highest BCUT2D eigenvalue weighted by Crippen LogP contribution is 2.36. The number of rotatable bonds is 2. The minimum atomic E-state index is -0.0502. The molecule has 5 heteroatoms. The molecule has 2 saturated heterocycles. The molecule has 0 spiro atoms. The average Bonchev–Trinajstić information content (AvgIpc) is 2.88. The van der Waals surface area contributed by atoms with Crippen LogP contribution in [0.1, 0.15) is 45.9 Å². The molecule has 3 rings (SSSR count). The van der Waals surface area contributed by atoms with Crippen molar-refractivity contribution in [3.8, 4) is 0 Å². The molecule has 19 heavy (non-hydrogen) atoms. The Labute approximate surface area is 122 Å². The highest BCUT2D eigenvalue weighted by Gasteiger charge is 2.40. The minimum Gasteiger partial charge on any atom is -0.373 e. The first-order chi connectivity index (χ1) is 8.91. The largest absolute Gasteiger partial charge is 0.373 e. The molecule has 0 aliphatic carbocycles. The second kappa shape index (κ2) is 4.70. The lowest BCUT2D eigenvalue weighted by Gasteiger charge is -2.22. The van der Waals surface area contributed by atoms with Gasteiger partial charge in [-0.1, -0.05) is 20.8 Å². The van der Waals surface area contributed by atoms with Gasteiger partial charge >= 0.3 is 0 Å². The molecule has 1 N–H and O–H groups in total. The molecule has 2 aliphatic rings. The molecular weight excluding hydrogens is 306 g/mol. The zero-order valence-corrected chi connectivity index (χ0v) is 13.2. The van der Waals surface area contributed by atoms with Gasteiger partial charge in [0.25, 0.3) is 0 Å². The van der Waals surface area contributed by atoms with Crippen LogP contribution in [0.3, 0.4) is 0 Å². The molecule has 0 aromatic carbocycles. The molecule has 1 aromatic heterocycles. The Hall–Kier alpha value is -0.680. The number of ether oxygens (including phenoxy) is 1. The summed E-state index contributed by atoms with van der Waals surface area (Å²) in [4.78, 5) is 9.11. The number of anilines is 1. The van der Waals surface area contributed by atoms with Gasteiger partial charge in [-0.05, 0) is 35.2 Å². The van der Waals surface area contributed by atoms with Crippen LogP contribution >= 0.6 is 15.9 Å². The quantitative estimate of drug-likeness (QED) is 0.848. The fourth-order valence-electron chi connectivity index (χ4n) is 2.81. The van der Waals surface area contributed by atoms with E-state index in [0.717, 1.165) is 22.7 Å². The molecule has 3 heterocycles. The molecule has 104 valence electrons. The summed E-state index contributed by atoms with van der Waals surface area (Å²) in [5, 5.41) is 3.52. The molecule has 4 nitrogen and oxygen atoms in total. The third-order valence-electron chi connectivity index (χ3n) is 3.80. The van der Waals surface area contributed by atoms with E-state index in [1.807, 2.05) is 6.07 Å². The van der Waals surface area contributed by atoms with Crippen molar-refractivity contribution in [1.29, 1.82) is 0 Å². The van der Waals surface area contributed by atoms with Crippen molar-refractivity contribution in [3.05, 3.63) is 16.5 Å². The summed E-state index contributed by atoms with van der Waals surface area (Å²) in [5.41, 5.74) is -0.0502. The molecule has 3 unspecified atom stereocenters. The zero-order valence-electron chi connectivity index (χ0n) is 11.6. The highest BCUT2D eigenvalue weighted by atomic mass is 79.9. The van der Waals surface area contributed by atoms with Crippen LogP contribution < -0.4 is 5.32 Å². The number of nitrogens with zero attached hydrogens (tertiary/aromatic N) is 2. The predicted octanol–water partition coefficient (Wildman–Crippen LogP) is 3.27. The Morgan fingerprint density at radius 2 is 2.11 bits per heavy atom. The molecule has 2 fully saturated rings. The van der Waals surface area contributed by atoms with Crippen molar-refractivity contribution >= 4 is 21.7 Å². The van der Waals surface area contributed by atoms with Gasteiger partial charge in [0.2, 0.25) is 0 Å². The van der Waals surface area contributed by atoms with Crippen LogP contribution in [-0.4, -0.2) is 28.2 Å². The lowest BCUT2D eigenvalue weighted by Crippen LogP contribution is -2.31. The van der Waals surface area contributed by atoms with Crippen LogP contribution in [0.4, 0.5) is 5.82 Å². The number of hydrogen-bond acceptors (Lipinski definition) is 4. The summed E-state index contributed by atoms with van der Waals surface area (Å²) in [5.74, 6) is 1.75. The summed E-state index contributed by atoms with van der Waals surface area (Å²) in [6.45, 7) is 6.37. The van der Waals surface area contributed by atoms with Crippen molar-refractivity contribution in [2.24, 2.45) is 0 Å². The number of nitrogens with one attached hydrogen (secondary N) is 1. The lowest BCUT2D eigenvalue weighted by molar-refractivity contribution is 0.102. The summed E-state index contributed by atoms with van der Waals surface area (Å²) in [6.07, 6.45) is 4.29. The maximum atomic E-state index is 5.87. The number of hydrogen-bond donors (Lipinski definition) is 1. The Balaban J connectivity index is 1.79. The molecule has 0 amide bonds. The van der Waals surface area contributed by atoms with E-state index in [2.05, 4.69) is 52.0 Å². The topological polar surface area (TPSA) is 47.0 Å². The maximum Gasteiger partial charge on any atom is 0.137 e. The van der Waals surface area contributed by atoms with Crippen LogP contribution in [0, 0.1) is 0 Å². The van der Waals surface area contributed by atoms with Gasteiger partial charge in [0, 0.05) is 11.5 Å². The summed E-state index contributed by atoms with van der Waals surface area (Å²) >= 11 is 3.47. The first-order valence-corrected chi connectivity index (χ1v) is 7.68. The average molecular weight is 326 g/mol. The van der Waals surface area contributed by atoms with E-state index in [9.17, 15) is 0 Å². The third kappa shape index (κ3) is 2.77. The fraction of sp³-hybridized carbons (Fsp3) is 0.714. The van der Waals surface area contributed by atoms with Gasteiger partial charge in [0.15, 0.2) is 0 Å². The second-order valence-corrected chi connectivity index (χ2v) is 7.32. The Morgan fingerprint density at radius 1 is 1.32 bits per heavy atom. The van der Waals surface area contributed by atoms with Crippen LogP contribution in [0.2, 0.25) is 0 Å². The van der Waals surface area contributed by atoms with Crippen LogP contribution in [0.25, 0.3) is 0 Å². The highest BCUT2D eigenvalue weighted by molar-refractivity contribution is 9.10. The van der Waals surface area contributed by atoms with E-state index >= 15 is 0 Å². The second-order valence-electron chi connectivity index (χ2n) is 6.51. The molecule has 0 saturated carbocycles. The third-order valence-corrected chi connectivity index (χ3v) is 4.21. The van der Waals surface area contributed by atoms with Gasteiger partial charge in [-0.3, -0.25) is 0 Å². The Morgan fingerprint density at radius 3 is 2.68 bits per heavy atom. The van der Waals surface area contributed by atoms with E-state index < -0.39 is 0 Å². The Kier molecular flexibility index (Phi) is 3.29. The van der Waals surface area contributed by atoms with E-state index in [1.54, 1.807) is 0 Å². The van der Waals surface area contributed by atoms with Gasteiger partial charge in [-0.2, -0.15) is 0 Å². The van der Waals surface area contributed by atoms with Crippen molar-refractivity contribution in [2.75, 3.05) is 5.32 Å². The number of fused-ring (bicyclic) bond motifs is 2.